The van der Waals surface area contributed by atoms with Gasteiger partial charge in [0, 0.05) is 18.9 Å². The quantitative estimate of drug-likeness (QED) is 0.578. The first-order valence-corrected chi connectivity index (χ1v) is 7.74. The molecule has 2 rings (SSSR count). The molecule has 0 aliphatic rings. The Kier molecular flexibility index (Phi) is 5.63. The Morgan fingerprint density at radius 2 is 2.25 bits per heavy atom. The fourth-order valence-electron chi connectivity index (χ4n) is 1.88. The second kappa shape index (κ2) is 7.71. The summed E-state index contributed by atoms with van der Waals surface area (Å²) in [5, 5.41) is 14.0. The summed E-state index contributed by atoms with van der Waals surface area (Å²) in [4.78, 5) is 4.25. The van der Waals surface area contributed by atoms with Crippen molar-refractivity contribution in [3.63, 3.8) is 0 Å². The van der Waals surface area contributed by atoms with E-state index >= 15 is 0 Å². The summed E-state index contributed by atoms with van der Waals surface area (Å²) in [5.74, 6) is 1.04. The molecule has 0 atom stereocenters. The van der Waals surface area contributed by atoms with Crippen LogP contribution in [0.3, 0.4) is 0 Å². The minimum atomic E-state index is 0.677. The molecule has 104 valence electrons. The van der Waals surface area contributed by atoms with Gasteiger partial charge >= 0.3 is 0 Å². The highest BCUT2D eigenvalue weighted by Gasteiger charge is 1.99. The standard InChI is InChI=1S/C15H18N4S/c1-13-11-18-19(12-13)7-3-2-4-8-20-15-9-14(10-16)5-6-17-15/h5-6,9,11-12H,2-4,7-8H2,1H3. The molecule has 5 heteroatoms. The fraction of sp³-hybridized carbons (Fsp3) is 0.400. The van der Waals surface area contributed by atoms with Gasteiger partial charge in [-0.25, -0.2) is 4.98 Å². The Labute approximate surface area is 123 Å². The van der Waals surface area contributed by atoms with Gasteiger partial charge in [0.1, 0.15) is 0 Å². The second-order valence-electron chi connectivity index (χ2n) is 4.68. The van der Waals surface area contributed by atoms with E-state index < -0.39 is 0 Å². The van der Waals surface area contributed by atoms with Crippen LogP contribution in [0.15, 0.2) is 35.7 Å². The van der Waals surface area contributed by atoms with E-state index in [1.165, 1.54) is 12.0 Å². The van der Waals surface area contributed by atoms with Gasteiger partial charge < -0.3 is 0 Å². The van der Waals surface area contributed by atoms with Gasteiger partial charge in [-0.1, -0.05) is 6.42 Å². The summed E-state index contributed by atoms with van der Waals surface area (Å²) in [6, 6.07) is 5.71. The van der Waals surface area contributed by atoms with Crippen LogP contribution in [0.2, 0.25) is 0 Å². The van der Waals surface area contributed by atoms with Crippen LogP contribution in [-0.2, 0) is 6.54 Å². The molecular formula is C15H18N4S. The minimum Gasteiger partial charge on any atom is -0.272 e. The molecule has 0 amide bonds. The summed E-state index contributed by atoms with van der Waals surface area (Å²) in [7, 11) is 0. The van der Waals surface area contributed by atoms with Crippen LogP contribution in [0, 0.1) is 18.3 Å². The normalized spacial score (nSPS) is 10.4. The zero-order chi connectivity index (χ0) is 14.2. The predicted molar refractivity (Wildman–Crippen MR) is 80.5 cm³/mol. The number of hydrogen-bond acceptors (Lipinski definition) is 4. The number of aromatic nitrogens is 3. The van der Waals surface area contributed by atoms with Crippen LogP contribution in [0.5, 0.6) is 0 Å². The van der Waals surface area contributed by atoms with Crippen LogP contribution in [0.4, 0.5) is 0 Å². The Morgan fingerprint density at radius 3 is 3.00 bits per heavy atom. The van der Waals surface area contributed by atoms with Crippen molar-refractivity contribution in [2.45, 2.75) is 37.8 Å². The Morgan fingerprint density at radius 1 is 1.35 bits per heavy atom. The number of nitrogens with zero attached hydrogens (tertiary/aromatic N) is 4. The lowest BCUT2D eigenvalue weighted by Gasteiger charge is -2.02. The molecule has 0 fully saturated rings. The number of aryl methyl sites for hydroxylation is 2. The molecule has 2 aromatic rings. The summed E-state index contributed by atoms with van der Waals surface area (Å²) in [5.41, 5.74) is 1.89. The van der Waals surface area contributed by atoms with Crippen molar-refractivity contribution in [2.75, 3.05) is 5.75 Å². The molecule has 0 aliphatic heterocycles. The number of nitriles is 1. The van der Waals surface area contributed by atoms with E-state index in [-0.39, 0.29) is 0 Å². The molecule has 0 aliphatic carbocycles. The maximum atomic E-state index is 8.82. The maximum Gasteiger partial charge on any atom is 0.0993 e. The van der Waals surface area contributed by atoms with Gasteiger partial charge in [0.15, 0.2) is 0 Å². The van der Waals surface area contributed by atoms with Gasteiger partial charge in [-0.3, -0.25) is 4.68 Å². The first-order chi connectivity index (χ1) is 9.78. The average molecular weight is 286 g/mol. The highest BCUT2D eigenvalue weighted by molar-refractivity contribution is 7.99. The Hall–Kier alpha value is -1.80. The molecule has 0 radical (unpaired) electrons. The lowest BCUT2D eigenvalue weighted by Crippen LogP contribution is -1.98. The van der Waals surface area contributed by atoms with E-state index in [1.807, 2.05) is 16.9 Å². The molecule has 0 N–H and O–H groups in total. The molecule has 4 nitrogen and oxygen atoms in total. The van der Waals surface area contributed by atoms with E-state index in [2.05, 4.69) is 29.3 Å². The SMILES string of the molecule is Cc1cnn(CCCCCSc2cc(C#N)ccn2)c1. The minimum absolute atomic E-state index is 0.677. The van der Waals surface area contributed by atoms with Gasteiger partial charge in [0.25, 0.3) is 0 Å². The highest BCUT2D eigenvalue weighted by atomic mass is 32.2. The molecule has 0 spiro atoms. The fourth-order valence-corrected chi connectivity index (χ4v) is 2.78. The molecule has 0 bridgehead atoms. The second-order valence-corrected chi connectivity index (χ2v) is 5.80. The maximum absolute atomic E-state index is 8.82. The highest BCUT2D eigenvalue weighted by Crippen LogP contribution is 2.18. The van der Waals surface area contributed by atoms with Crippen molar-refractivity contribution in [3.05, 3.63) is 41.9 Å². The third kappa shape index (κ3) is 4.71. The van der Waals surface area contributed by atoms with Crippen molar-refractivity contribution in [1.82, 2.24) is 14.8 Å². The monoisotopic (exact) mass is 286 g/mol. The molecular weight excluding hydrogens is 268 g/mol. The van der Waals surface area contributed by atoms with Crippen molar-refractivity contribution in [1.29, 1.82) is 5.26 Å². The molecule has 0 aromatic carbocycles. The zero-order valence-corrected chi connectivity index (χ0v) is 12.4. The average Bonchev–Trinajstić information content (AvgIpc) is 2.88. The van der Waals surface area contributed by atoms with E-state index in [0.29, 0.717) is 5.56 Å². The van der Waals surface area contributed by atoms with Crippen LogP contribution >= 0.6 is 11.8 Å². The Balaban J connectivity index is 1.60. The van der Waals surface area contributed by atoms with Crippen molar-refractivity contribution in [2.24, 2.45) is 0 Å². The number of thioether (sulfide) groups is 1. The van der Waals surface area contributed by atoms with Gasteiger partial charge in [-0.05, 0) is 43.2 Å². The van der Waals surface area contributed by atoms with E-state index in [9.17, 15) is 0 Å². The zero-order valence-electron chi connectivity index (χ0n) is 11.6. The van der Waals surface area contributed by atoms with Crippen molar-refractivity contribution >= 4 is 11.8 Å². The first kappa shape index (κ1) is 14.6. The van der Waals surface area contributed by atoms with Gasteiger partial charge in [0.2, 0.25) is 0 Å². The van der Waals surface area contributed by atoms with Crippen LogP contribution in [-0.4, -0.2) is 20.5 Å². The third-order valence-electron chi connectivity index (χ3n) is 2.91. The first-order valence-electron chi connectivity index (χ1n) is 6.76. The number of pyridine rings is 1. The van der Waals surface area contributed by atoms with E-state index in [4.69, 9.17) is 5.26 Å². The van der Waals surface area contributed by atoms with Gasteiger partial charge in [-0.15, -0.1) is 11.8 Å². The largest absolute Gasteiger partial charge is 0.272 e. The van der Waals surface area contributed by atoms with Crippen molar-refractivity contribution in [3.8, 4) is 6.07 Å². The van der Waals surface area contributed by atoms with Crippen LogP contribution in [0.1, 0.15) is 30.4 Å². The molecule has 0 unspecified atom stereocenters. The van der Waals surface area contributed by atoms with E-state index in [1.54, 1.807) is 24.0 Å². The van der Waals surface area contributed by atoms with Crippen LogP contribution < -0.4 is 0 Å². The summed E-state index contributed by atoms with van der Waals surface area (Å²) < 4.78 is 2.00. The summed E-state index contributed by atoms with van der Waals surface area (Å²) in [6.45, 7) is 3.04. The van der Waals surface area contributed by atoms with Crippen molar-refractivity contribution < 1.29 is 0 Å². The Bertz CT molecular complexity index is 586. The van der Waals surface area contributed by atoms with Gasteiger partial charge in [-0.2, -0.15) is 10.4 Å². The van der Waals surface area contributed by atoms with E-state index in [0.717, 1.165) is 30.2 Å². The molecule has 0 saturated carbocycles. The number of rotatable bonds is 7. The lowest BCUT2D eigenvalue weighted by atomic mass is 10.2. The molecule has 2 aromatic heterocycles. The summed E-state index contributed by atoms with van der Waals surface area (Å²) >= 11 is 1.72. The van der Waals surface area contributed by atoms with Gasteiger partial charge in [0.05, 0.1) is 22.9 Å². The number of unbranched alkanes of at least 4 members (excludes halogenated alkanes) is 2. The lowest BCUT2D eigenvalue weighted by molar-refractivity contribution is 0.554. The predicted octanol–water partition coefficient (Wildman–Crippen LogP) is 3.42. The third-order valence-corrected chi connectivity index (χ3v) is 3.92. The smallest absolute Gasteiger partial charge is 0.0993 e. The van der Waals surface area contributed by atoms with Crippen LogP contribution in [0.25, 0.3) is 0 Å². The molecule has 0 saturated heterocycles. The number of hydrogen-bond donors (Lipinski definition) is 0. The summed E-state index contributed by atoms with van der Waals surface area (Å²) in [6.07, 6.45) is 9.15. The molecule has 2 heterocycles. The molecule has 20 heavy (non-hydrogen) atoms. The topological polar surface area (TPSA) is 54.5 Å².